The maximum atomic E-state index is 4.13. The number of rotatable bonds is 6. The Hall–Kier alpha value is -2.54. The fourth-order valence-electron chi connectivity index (χ4n) is 1.97. The molecular weight excluding hydrogens is 254 g/mol. The zero-order valence-corrected chi connectivity index (χ0v) is 10.9. The Kier molecular flexibility index (Phi) is 3.79. The molecule has 2 N–H and O–H groups in total. The van der Waals surface area contributed by atoms with Gasteiger partial charge in [-0.1, -0.05) is 5.21 Å². The highest BCUT2D eigenvalue weighted by atomic mass is 15.4. The van der Waals surface area contributed by atoms with E-state index in [0.717, 1.165) is 36.5 Å². The van der Waals surface area contributed by atoms with Crippen molar-refractivity contribution in [2.45, 2.75) is 13.1 Å². The van der Waals surface area contributed by atoms with Crippen LogP contribution in [-0.4, -0.2) is 36.7 Å². The lowest BCUT2D eigenvalue weighted by atomic mass is 10.1. The smallest absolute Gasteiger partial charge is 0.0710 e. The van der Waals surface area contributed by atoms with Gasteiger partial charge in [0.05, 0.1) is 24.6 Å². The Morgan fingerprint density at radius 2 is 2.25 bits per heavy atom. The van der Waals surface area contributed by atoms with Gasteiger partial charge in [-0.05, 0) is 12.1 Å². The quantitative estimate of drug-likeness (QED) is 0.648. The minimum atomic E-state index is 0.745. The molecule has 3 aromatic rings. The predicted molar refractivity (Wildman–Crippen MR) is 73.5 cm³/mol. The topological polar surface area (TPSA) is 84.3 Å². The van der Waals surface area contributed by atoms with Gasteiger partial charge in [0, 0.05) is 42.8 Å². The molecule has 0 saturated heterocycles. The second-order valence-electron chi connectivity index (χ2n) is 4.35. The van der Waals surface area contributed by atoms with Crippen LogP contribution in [0, 0.1) is 0 Å². The molecule has 0 spiro atoms. The summed E-state index contributed by atoms with van der Waals surface area (Å²) in [5.74, 6) is 0. The third-order valence-electron chi connectivity index (χ3n) is 2.97. The summed E-state index contributed by atoms with van der Waals surface area (Å²) in [6.07, 6.45) is 8.95. The molecule has 3 aromatic heterocycles. The van der Waals surface area contributed by atoms with Gasteiger partial charge in [0.1, 0.15) is 0 Å². The number of H-pyrrole nitrogens is 1. The third kappa shape index (κ3) is 2.89. The first kappa shape index (κ1) is 12.5. The van der Waals surface area contributed by atoms with Crippen LogP contribution in [0.15, 0.2) is 43.1 Å². The normalized spacial score (nSPS) is 10.8. The number of hydrogen-bond donors (Lipinski definition) is 2. The van der Waals surface area contributed by atoms with Crippen molar-refractivity contribution < 1.29 is 0 Å². The molecule has 7 nitrogen and oxygen atoms in total. The van der Waals surface area contributed by atoms with Crippen molar-refractivity contribution in [3.05, 3.63) is 48.7 Å². The van der Waals surface area contributed by atoms with Crippen molar-refractivity contribution in [3.63, 3.8) is 0 Å². The molecule has 0 aliphatic heterocycles. The molecule has 20 heavy (non-hydrogen) atoms. The summed E-state index contributed by atoms with van der Waals surface area (Å²) in [5.41, 5.74) is 3.17. The van der Waals surface area contributed by atoms with E-state index in [4.69, 9.17) is 0 Å². The zero-order chi connectivity index (χ0) is 13.6. The Morgan fingerprint density at radius 3 is 3.05 bits per heavy atom. The van der Waals surface area contributed by atoms with Crippen molar-refractivity contribution >= 4 is 0 Å². The lowest BCUT2D eigenvalue weighted by Gasteiger charge is -2.05. The molecule has 0 atom stereocenters. The molecule has 0 radical (unpaired) electrons. The van der Waals surface area contributed by atoms with Crippen LogP contribution in [0.3, 0.4) is 0 Å². The Labute approximate surface area is 116 Å². The highest BCUT2D eigenvalue weighted by Gasteiger charge is 2.07. The standard InChI is InChI=1S/C13H15N7/c1-2-11(8-14-3-1)13-12(10-17-18-13)9-15-4-6-20-7-5-16-19-20/h1-3,5,7-8,10,15H,4,6,9H2,(H,17,18). The number of hydrogen-bond acceptors (Lipinski definition) is 5. The van der Waals surface area contributed by atoms with Crippen molar-refractivity contribution in [1.29, 1.82) is 0 Å². The van der Waals surface area contributed by atoms with E-state index in [2.05, 4.69) is 30.8 Å². The van der Waals surface area contributed by atoms with Gasteiger partial charge in [-0.3, -0.25) is 14.8 Å². The molecule has 7 heteroatoms. The zero-order valence-electron chi connectivity index (χ0n) is 10.9. The maximum Gasteiger partial charge on any atom is 0.0710 e. The molecule has 0 unspecified atom stereocenters. The van der Waals surface area contributed by atoms with Gasteiger partial charge in [0.15, 0.2) is 0 Å². The molecule has 0 bridgehead atoms. The Morgan fingerprint density at radius 1 is 1.25 bits per heavy atom. The van der Waals surface area contributed by atoms with E-state index >= 15 is 0 Å². The van der Waals surface area contributed by atoms with Crippen LogP contribution in [0.5, 0.6) is 0 Å². The largest absolute Gasteiger partial charge is 0.311 e. The van der Waals surface area contributed by atoms with Crippen LogP contribution >= 0.6 is 0 Å². The molecule has 3 rings (SSSR count). The lowest BCUT2D eigenvalue weighted by molar-refractivity contribution is 0.540. The van der Waals surface area contributed by atoms with Gasteiger partial charge in [-0.2, -0.15) is 5.10 Å². The van der Waals surface area contributed by atoms with Crippen molar-refractivity contribution in [1.82, 2.24) is 35.5 Å². The Balaban J connectivity index is 1.57. The first-order valence-electron chi connectivity index (χ1n) is 6.41. The Bertz CT molecular complexity index is 630. The summed E-state index contributed by atoms with van der Waals surface area (Å²) in [5, 5.41) is 18.2. The fourth-order valence-corrected chi connectivity index (χ4v) is 1.97. The van der Waals surface area contributed by atoms with Crippen LogP contribution in [-0.2, 0) is 13.1 Å². The number of pyridine rings is 1. The summed E-state index contributed by atoms with van der Waals surface area (Å²) < 4.78 is 1.80. The van der Waals surface area contributed by atoms with Crippen LogP contribution in [0.1, 0.15) is 5.56 Å². The van der Waals surface area contributed by atoms with E-state index in [1.54, 1.807) is 17.1 Å². The first-order chi connectivity index (χ1) is 9.93. The van der Waals surface area contributed by atoms with Crippen LogP contribution in [0.2, 0.25) is 0 Å². The number of aromatic nitrogens is 6. The van der Waals surface area contributed by atoms with E-state index in [9.17, 15) is 0 Å². The minimum absolute atomic E-state index is 0.745. The third-order valence-corrected chi connectivity index (χ3v) is 2.97. The summed E-state index contributed by atoms with van der Waals surface area (Å²) >= 11 is 0. The average Bonchev–Trinajstić information content (AvgIpc) is 3.16. The molecule has 0 fully saturated rings. The molecule has 0 saturated carbocycles. The SMILES string of the molecule is c1cncc(-c2[nH]ncc2CNCCn2ccnn2)c1. The number of nitrogens with one attached hydrogen (secondary N) is 2. The number of nitrogens with zero attached hydrogens (tertiary/aromatic N) is 5. The van der Waals surface area contributed by atoms with Crippen LogP contribution in [0.4, 0.5) is 0 Å². The average molecular weight is 269 g/mol. The van der Waals surface area contributed by atoms with Gasteiger partial charge in [-0.15, -0.1) is 5.10 Å². The second kappa shape index (κ2) is 6.07. The summed E-state index contributed by atoms with van der Waals surface area (Å²) in [7, 11) is 0. The highest BCUT2D eigenvalue weighted by molar-refractivity contribution is 5.61. The minimum Gasteiger partial charge on any atom is -0.311 e. The summed E-state index contributed by atoms with van der Waals surface area (Å²) in [6, 6.07) is 3.93. The van der Waals surface area contributed by atoms with Gasteiger partial charge in [-0.25, -0.2) is 0 Å². The van der Waals surface area contributed by atoms with Gasteiger partial charge in [0.25, 0.3) is 0 Å². The molecule has 0 aliphatic rings. The maximum absolute atomic E-state index is 4.13. The number of aromatic amines is 1. The second-order valence-corrected chi connectivity index (χ2v) is 4.35. The molecule has 0 amide bonds. The van der Waals surface area contributed by atoms with Gasteiger partial charge < -0.3 is 5.32 Å². The molecule has 0 aliphatic carbocycles. The van der Waals surface area contributed by atoms with E-state index in [1.807, 2.05) is 30.7 Å². The van der Waals surface area contributed by atoms with E-state index in [-0.39, 0.29) is 0 Å². The first-order valence-corrected chi connectivity index (χ1v) is 6.41. The predicted octanol–water partition coefficient (Wildman–Crippen LogP) is 0.853. The summed E-state index contributed by atoms with van der Waals surface area (Å²) in [6.45, 7) is 2.36. The van der Waals surface area contributed by atoms with E-state index in [1.165, 1.54) is 0 Å². The van der Waals surface area contributed by atoms with Crippen molar-refractivity contribution in [2.75, 3.05) is 6.54 Å². The van der Waals surface area contributed by atoms with Crippen LogP contribution < -0.4 is 5.32 Å². The van der Waals surface area contributed by atoms with Crippen molar-refractivity contribution in [2.24, 2.45) is 0 Å². The van der Waals surface area contributed by atoms with E-state index < -0.39 is 0 Å². The monoisotopic (exact) mass is 269 g/mol. The molecular formula is C13H15N7. The molecule has 102 valence electrons. The van der Waals surface area contributed by atoms with Crippen LogP contribution in [0.25, 0.3) is 11.3 Å². The molecule has 0 aromatic carbocycles. The van der Waals surface area contributed by atoms with Gasteiger partial charge in [0.2, 0.25) is 0 Å². The fraction of sp³-hybridized carbons (Fsp3) is 0.231. The molecule has 3 heterocycles. The lowest BCUT2D eigenvalue weighted by Crippen LogP contribution is -2.19. The van der Waals surface area contributed by atoms with E-state index in [0.29, 0.717) is 0 Å². The summed E-state index contributed by atoms with van der Waals surface area (Å²) in [4.78, 5) is 4.13. The highest BCUT2D eigenvalue weighted by Crippen LogP contribution is 2.19. The van der Waals surface area contributed by atoms with Gasteiger partial charge >= 0.3 is 0 Å². The van der Waals surface area contributed by atoms with Crippen molar-refractivity contribution in [3.8, 4) is 11.3 Å².